The smallest absolute Gasteiger partial charge is 0.265 e. The summed E-state index contributed by atoms with van der Waals surface area (Å²) in [4.78, 5) is 12.4. The second-order valence-electron chi connectivity index (χ2n) is 5.95. The zero-order chi connectivity index (χ0) is 21.0. The molecule has 0 bridgehead atoms. The number of aromatic hydroxyl groups is 1. The number of benzene rings is 3. The topological polar surface area (TPSA) is 105 Å². The molecule has 3 aromatic carbocycles. The number of carbonyl (C=O) groups is 1. The average molecular weight is 477 g/mol. The third kappa shape index (κ3) is 4.87. The van der Waals surface area contributed by atoms with Crippen LogP contribution in [0.25, 0.3) is 0 Å². The van der Waals surface area contributed by atoms with Gasteiger partial charge in [0.2, 0.25) is 0 Å². The SMILES string of the molecule is COc1ccc(C(=O)Nc2ccccc2O)cc1S(=O)(=O)Nc1ccc(Br)cc1. The number of phenols is 1. The first kappa shape index (κ1) is 20.7. The lowest BCUT2D eigenvalue weighted by atomic mass is 10.2. The van der Waals surface area contributed by atoms with E-state index in [1.165, 1.54) is 37.4 Å². The first-order valence-corrected chi connectivity index (χ1v) is 10.6. The molecule has 3 N–H and O–H groups in total. The van der Waals surface area contributed by atoms with Crippen molar-refractivity contribution in [2.75, 3.05) is 17.1 Å². The molecule has 0 aliphatic heterocycles. The highest BCUT2D eigenvalue weighted by Gasteiger charge is 2.22. The summed E-state index contributed by atoms with van der Waals surface area (Å²) in [7, 11) is -2.68. The number of methoxy groups -OCH3 is 1. The largest absolute Gasteiger partial charge is 0.506 e. The maximum atomic E-state index is 12.9. The fraction of sp³-hybridized carbons (Fsp3) is 0.0500. The van der Waals surface area contributed by atoms with Crippen LogP contribution in [0.2, 0.25) is 0 Å². The molecule has 0 fully saturated rings. The van der Waals surface area contributed by atoms with Crippen molar-refractivity contribution in [1.82, 2.24) is 0 Å². The standard InChI is InChI=1S/C20H17BrN2O5S/c1-28-18-11-6-13(20(25)22-16-4-2-3-5-17(16)24)12-19(18)29(26,27)23-15-9-7-14(21)8-10-15/h2-12,23-24H,1H3,(H,22,25). The molecule has 0 saturated heterocycles. The van der Waals surface area contributed by atoms with Gasteiger partial charge >= 0.3 is 0 Å². The van der Waals surface area contributed by atoms with Crippen molar-refractivity contribution in [3.05, 3.63) is 76.8 Å². The van der Waals surface area contributed by atoms with Gasteiger partial charge in [-0.3, -0.25) is 9.52 Å². The average Bonchev–Trinajstić information content (AvgIpc) is 2.70. The fourth-order valence-corrected chi connectivity index (χ4v) is 4.05. The van der Waals surface area contributed by atoms with Crippen LogP contribution < -0.4 is 14.8 Å². The maximum absolute atomic E-state index is 12.9. The summed E-state index contributed by atoms with van der Waals surface area (Å²) in [6.45, 7) is 0. The summed E-state index contributed by atoms with van der Waals surface area (Å²) in [5.74, 6) is -0.581. The summed E-state index contributed by atoms with van der Waals surface area (Å²) in [6, 6.07) is 16.9. The van der Waals surface area contributed by atoms with Crippen LogP contribution in [0.4, 0.5) is 11.4 Å². The number of phenolic OH excluding ortho intramolecular Hbond substituents is 1. The minimum atomic E-state index is -4.03. The molecule has 3 aromatic rings. The van der Waals surface area contributed by atoms with Gasteiger partial charge in [-0.1, -0.05) is 28.1 Å². The Morgan fingerprint density at radius 1 is 1.03 bits per heavy atom. The molecule has 0 spiro atoms. The minimum absolute atomic E-state index is 0.0882. The monoisotopic (exact) mass is 476 g/mol. The molecule has 150 valence electrons. The third-order valence-electron chi connectivity index (χ3n) is 3.96. The molecule has 0 aliphatic carbocycles. The normalized spacial score (nSPS) is 11.0. The van der Waals surface area contributed by atoms with Crippen LogP contribution in [-0.2, 0) is 10.0 Å². The van der Waals surface area contributed by atoms with Crippen molar-refractivity contribution < 1.29 is 23.1 Å². The van der Waals surface area contributed by atoms with Gasteiger partial charge < -0.3 is 15.2 Å². The van der Waals surface area contributed by atoms with E-state index in [4.69, 9.17) is 4.74 Å². The number of nitrogens with one attached hydrogen (secondary N) is 2. The lowest BCUT2D eigenvalue weighted by Gasteiger charge is -2.13. The molecule has 7 nitrogen and oxygen atoms in total. The summed E-state index contributed by atoms with van der Waals surface area (Å²) in [5, 5.41) is 12.4. The van der Waals surface area contributed by atoms with E-state index < -0.39 is 15.9 Å². The summed E-state index contributed by atoms with van der Waals surface area (Å²) in [5.41, 5.74) is 0.662. The van der Waals surface area contributed by atoms with Gasteiger partial charge in [0.1, 0.15) is 16.4 Å². The van der Waals surface area contributed by atoms with Gasteiger partial charge in [-0.05, 0) is 54.6 Å². The van der Waals surface area contributed by atoms with Crippen LogP contribution in [0.15, 0.2) is 76.1 Å². The predicted molar refractivity (Wildman–Crippen MR) is 114 cm³/mol. The summed E-state index contributed by atoms with van der Waals surface area (Å²) >= 11 is 3.29. The Morgan fingerprint density at radius 3 is 2.38 bits per heavy atom. The van der Waals surface area contributed by atoms with Gasteiger partial charge in [0.15, 0.2) is 0 Å². The molecule has 9 heteroatoms. The van der Waals surface area contributed by atoms with Crippen molar-refractivity contribution in [3.63, 3.8) is 0 Å². The number of sulfonamides is 1. The van der Waals surface area contributed by atoms with Crippen molar-refractivity contribution in [3.8, 4) is 11.5 Å². The molecule has 3 rings (SSSR count). The Kier molecular flexibility index (Phi) is 6.09. The molecule has 0 saturated carbocycles. The highest BCUT2D eigenvalue weighted by Crippen LogP contribution is 2.28. The van der Waals surface area contributed by atoms with Crippen molar-refractivity contribution in [2.45, 2.75) is 4.90 Å². The van der Waals surface area contributed by atoms with Crippen LogP contribution in [0.5, 0.6) is 11.5 Å². The number of para-hydroxylation sites is 2. The Morgan fingerprint density at radius 2 is 1.72 bits per heavy atom. The highest BCUT2D eigenvalue weighted by atomic mass is 79.9. The Bertz CT molecular complexity index is 1150. The predicted octanol–water partition coefficient (Wildman–Crippen LogP) is 4.22. The molecule has 0 heterocycles. The third-order valence-corrected chi connectivity index (χ3v) is 5.90. The van der Waals surface area contributed by atoms with E-state index in [0.29, 0.717) is 5.69 Å². The number of carbonyl (C=O) groups excluding carboxylic acids is 1. The second kappa shape index (κ2) is 8.54. The van der Waals surface area contributed by atoms with Gasteiger partial charge in [-0.15, -0.1) is 0 Å². The van der Waals surface area contributed by atoms with Gasteiger partial charge in [-0.25, -0.2) is 8.42 Å². The van der Waals surface area contributed by atoms with Crippen molar-refractivity contribution in [1.29, 1.82) is 0 Å². The van der Waals surface area contributed by atoms with E-state index >= 15 is 0 Å². The first-order valence-electron chi connectivity index (χ1n) is 8.36. The van der Waals surface area contributed by atoms with E-state index in [2.05, 4.69) is 26.0 Å². The second-order valence-corrected chi connectivity index (χ2v) is 8.52. The molecule has 0 aromatic heterocycles. The summed E-state index contributed by atoms with van der Waals surface area (Å²) in [6.07, 6.45) is 0. The van der Waals surface area contributed by atoms with Crippen LogP contribution in [0.1, 0.15) is 10.4 Å². The molecular formula is C20H17BrN2O5S. The van der Waals surface area contributed by atoms with E-state index in [1.54, 1.807) is 36.4 Å². The van der Waals surface area contributed by atoms with Gasteiger partial charge in [-0.2, -0.15) is 0 Å². The van der Waals surface area contributed by atoms with Gasteiger partial charge in [0, 0.05) is 15.7 Å². The summed E-state index contributed by atoms with van der Waals surface area (Å²) < 4.78 is 34.2. The number of hydrogen-bond donors (Lipinski definition) is 3. The number of ether oxygens (including phenoxy) is 1. The molecular weight excluding hydrogens is 460 g/mol. The zero-order valence-corrected chi connectivity index (χ0v) is 17.6. The first-order chi connectivity index (χ1) is 13.8. The number of anilines is 2. The van der Waals surface area contributed by atoms with E-state index in [0.717, 1.165) is 4.47 Å². The molecule has 29 heavy (non-hydrogen) atoms. The van der Waals surface area contributed by atoms with Crippen LogP contribution in [0.3, 0.4) is 0 Å². The Hall–Kier alpha value is -3.04. The van der Waals surface area contributed by atoms with Gasteiger partial charge in [0.05, 0.1) is 12.8 Å². The molecule has 0 atom stereocenters. The maximum Gasteiger partial charge on any atom is 0.265 e. The van der Waals surface area contributed by atoms with Crippen molar-refractivity contribution >= 4 is 43.2 Å². The number of amides is 1. The van der Waals surface area contributed by atoms with E-state index in [9.17, 15) is 18.3 Å². The van der Waals surface area contributed by atoms with Crippen LogP contribution in [0, 0.1) is 0 Å². The number of halogens is 1. The number of hydrogen-bond acceptors (Lipinski definition) is 5. The van der Waals surface area contributed by atoms with Crippen LogP contribution >= 0.6 is 15.9 Å². The lowest BCUT2D eigenvalue weighted by molar-refractivity contribution is 0.102. The van der Waals surface area contributed by atoms with Crippen LogP contribution in [-0.4, -0.2) is 26.5 Å². The molecule has 1 amide bonds. The Labute approximate surface area is 176 Å². The molecule has 0 aliphatic rings. The molecule has 0 unspecified atom stereocenters. The Balaban J connectivity index is 1.93. The highest BCUT2D eigenvalue weighted by molar-refractivity contribution is 9.10. The lowest BCUT2D eigenvalue weighted by Crippen LogP contribution is -2.17. The molecule has 0 radical (unpaired) electrons. The quantitative estimate of drug-likeness (QED) is 0.462. The fourth-order valence-electron chi connectivity index (χ4n) is 2.53. The zero-order valence-electron chi connectivity index (χ0n) is 15.2. The van der Waals surface area contributed by atoms with Crippen molar-refractivity contribution in [2.24, 2.45) is 0 Å². The minimum Gasteiger partial charge on any atom is -0.506 e. The number of rotatable bonds is 6. The van der Waals surface area contributed by atoms with Gasteiger partial charge in [0.25, 0.3) is 15.9 Å². The van der Waals surface area contributed by atoms with E-state index in [-0.39, 0.29) is 27.6 Å². The van der Waals surface area contributed by atoms with E-state index in [1.807, 2.05) is 0 Å².